The lowest BCUT2D eigenvalue weighted by molar-refractivity contribution is 0.0689. The second-order valence-corrected chi connectivity index (χ2v) is 3.44. The van der Waals surface area contributed by atoms with E-state index in [0.717, 1.165) is 22.9 Å². The van der Waals surface area contributed by atoms with Crippen molar-refractivity contribution in [3.05, 3.63) is 41.6 Å². The monoisotopic (exact) mass is 238 g/mol. The van der Waals surface area contributed by atoms with Gasteiger partial charge in [-0.25, -0.2) is 13.6 Å². The lowest BCUT2D eigenvalue weighted by atomic mass is 10.1. The first-order valence-corrected chi connectivity index (χ1v) is 4.72. The molecule has 0 amide bonds. The molecule has 0 aliphatic rings. The molecule has 0 spiro atoms. The highest BCUT2D eigenvalue weighted by atomic mass is 19.1. The van der Waals surface area contributed by atoms with E-state index in [4.69, 9.17) is 5.11 Å². The molecule has 0 bridgehead atoms. The number of hydrogen-bond acceptors (Lipinski definition) is 2. The maximum atomic E-state index is 13.5. The third kappa shape index (κ3) is 1.89. The van der Waals surface area contributed by atoms with Gasteiger partial charge in [0.1, 0.15) is 11.6 Å². The molecule has 0 aliphatic heterocycles. The highest BCUT2D eigenvalue weighted by Gasteiger charge is 2.18. The normalized spacial score (nSPS) is 10.5. The standard InChI is InChI=1S/C11H8F2N2O2/c1-15-9(5-8(14-15)11(16)17)10-6(12)3-2-4-7(10)13/h2-5H,1H3,(H,16,17). The van der Waals surface area contributed by atoms with E-state index in [1.165, 1.54) is 13.1 Å². The van der Waals surface area contributed by atoms with Crippen LogP contribution in [-0.4, -0.2) is 20.9 Å². The van der Waals surface area contributed by atoms with Crippen LogP contribution in [0.15, 0.2) is 24.3 Å². The van der Waals surface area contributed by atoms with Crippen LogP contribution in [0.2, 0.25) is 0 Å². The molecule has 2 rings (SSSR count). The van der Waals surface area contributed by atoms with E-state index in [-0.39, 0.29) is 17.0 Å². The molecular formula is C11H8F2N2O2. The van der Waals surface area contributed by atoms with Crippen LogP contribution in [-0.2, 0) is 7.05 Å². The fraction of sp³-hybridized carbons (Fsp3) is 0.0909. The molecule has 2 aromatic rings. The number of nitrogens with zero attached hydrogens (tertiary/aromatic N) is 2. The Kier molecular flexibility index (Phi) is 2.63. The molecule has 88 valence electrons. The molecule has 1 N–H and O–H groups in total. The summed E-state index contributed by atoms with van der Waals surface area (Å²) in [6.45, 7) is 0. The molecule has 1 aromatic carbocycles. The third-order valence-electron chi connectivity index (χ3n) is 2.32. The molecule has 0 atom stereocenters. The number of aryl methyl sites for hydroxylation is 1. The average Bonchev–Trinajstić information content (AvgIpc) is 2.61. The zero-order valence-corrected chi connectivity index (χ0v) is 8.82. The second-order valence-electron chi connectivity index (χ2n) is 3.44. The molecule has 6 heteroatoms. The van der Waals surface area contributed by atoms with Crippen LogP contribution in [0, 0.1) is 11.6 Å². The van der Waals surface area contributed by atoms with Crippen molar-refractivity contribution in [3.63, 3.8) is 0 Å². The minimum Gasteiger partial charge on any atom is -0.476 e. The first kappa shape index (κ1) is 11.3. The van der Waals surface area contributed by atoms with Gasteiger partial charge in [0.15, 0.2) is 5.69 Å². The van der Waals surface area contributed by atoms with E-state index < -0.39 is 17.6 Å². The Bertz CT molecular complexity index is 573. The van der Waals surface area contributed by atoms with Gasteiger partial charge in [-0.3, -0.25) is 4.68 Å². The second kappa shape index (κ2) is 3.97. The predicted octanol–water partition coefficient (Wildman–Crippen LogP) is 2.06. The largest absolute Gasteiger partial charge is 0.476 e. The van der Waals surface area contributed by atoms with Crippen LogP contribution >= 0.6 is 0 Å². The summed E-state index contributed by atoms with van der Waals surface area (Å²) >= 11 is 0. The molecule has 0 unspecified atom stereocenters. The van der Waals surface area contributed by atoms with Crippen molar-refractivity contribution in [3.8, 4) is 11.3 Å². The van der Waals surface area contributed by atoms with Crippen LogP contribution in [0.5, 0.6) is 0 Å². The van der Waals surface area contributed by atoms with Crippen molar-refractivity contribution in [1.29, 1.82) is 0 Å². The van der Waals surface area contributed by atoms with Gasteiger partial charge in [-0.1, -0.05) is 6.07 Å². The number of benzene rings is 1. The lowest BCUT2D eigenvalue weighted by Crippen LogP contribution is -2.00. The van der Waals surface area contributed by atoms with Gasteiger partial charge in [0.25, 0.3) is 0 Å². The first-order chi connectivity index (χ1) is 8.00. The quantitative estimate of drug-likeness (QED) is 0.871. The van der Waals surface area contributed by atoms with Crippen LogP contribution < -0.4 is 0 Å². The summed E-state index contributed by atoms with van der Waals surface area (Å²) in [5.74, 6) is -2.77. The molecule has 0 fully saturated rings. The smallest absolute Gasteiger partial charge is 0.356 e. The molecule has 4 nitrogen and oxygen atoms in total. The summed E-state index contributed by atoms with van der Waals surface area (Å²) < 4.78 is 28.1. The van der Waals surface area contributed by atoms with E-state index in [1.54, 1.807) is 0 Å². The Morgan fingerprint density at radius 1 is 1.35 bits per heavy atom. The fourth-order valence-electron chi connectivity index (χ4n) is 1.55. The van der Waals surface area contributed by atoms with E-state index in [0.29, 0.717) is 0 Å². The SMILES string of the molecule is Cn1nc(C(=O)O)cc1-c1c(F)cccc1F. The van der Waals surface area contributed by atoms with Crippen molar-refractivity contribution in [2.75, 3.05) is 0 Å². The van der Waals surface area contributed by atoms with Crippen LogP contribution in [0.25, 0.3) is 11.3 Å². The van der Waals surface area contributed by atoms with Gasteiger partial charge in [-0.2, -0.15) is 5.10 Å². The predicted molar refractivity (Wildman–Crippen MR) is 55.5 cm³/mol. The fourth-order valence-corrected chi connectivity index (χ4v) is 1.55. The van der Waals surface area contributed by atoms with Gasteiger partial charge < -0.3 is 5.11 Å². The Labute approximate surface area is 95.1 Å². The Morgan fingerprint density at radius 3 is 2.41 bits per heavy atom. The van der Waals surface area contributed by atoms with Crippen molar-refractivity contribution >= 4 is 5.97 Å². The molecule has 0 aliphatic carbocycles. The minimum absolute atomic E-state index is 0.0815. The van der Waals surface area contributed by atoms with Crippen molar-refractivity contribution in [2.45, 2.75) is 0 Å². The Morgan fingerprint density at radius 2 is 1.94 bits per heavy atom. The van der Waals surface area contributed by atoms with Crippen molar-refractivity contribution in [1.82, 2.24) is 9.78 Å². The van der Waals surface area contributed by atoms with E-state index in [2.05, 4.69) is 5.10 Å². The minimum atomic E-state index is -1.25. The number of hydrogen-bond donors (Lipinski definition) is 1. The number of carboxylic acids is 1. The Balaban J connectivity index is 2.64. The topological polar surface area (TPSA) is 55.1 Å². The summed E-state index contributed by atoms with van der Waals surface area (Å²) in [5.41, 5.74) is -0.460. The number of halogens is 2. The number of aromatic nitrogens is 2. The number of rotatable bonds is 2. The van der Waals surface area contributed by atoms with E-state index in [9.17, 15) is 13.6 Å². The van der Waals surface area contributed by atoms with Gasteiger partial charge in [-0.15, -0.1) is 0 Å². The van der Waals surface area contributed by atoms with Crippen molar-refractivity contribution < 1.29 is 18.7 Å². The molecule has 1 aromatic heterocycles. The van der Waals surface area contributed by atoms with Crippen LogP contribution in [0.4, 0.5) is 8.78 Å². The first-order valence-electron chi connectivity index (χ1n) is 4.72. The zero-order chi connectivity index (χ0) is 12.6. The van der Waals surface area contributed by atoms with E-state index in [1.807, 2.05) is 0 Å². The maximum Gasteiger partial charge on any atom is 0.356 e. The van der Waals surface area contributed by atoms with Gasteiger partial charge in [0.2, 0.25) is 0 Å². The molecule has 0 saturated heterocycles. The van der Waals surface area contributed by atoms with Gasteiger partial charge in [-0.05, 0) is 18.2 Å². The highest BCUT2D eigenvalue weighted by Crippen LogP contribution is 2.26. The molecule has 0 radical (unpaired) electrons. The number of carbonyl (C=O) groups is 1. The molecular weight excluding hydrogens is 230 g/mol. The molecule has 0 saturated carbocycles. The van der Waals surface area contributed by atoms with Gasteiger partial charge in [0.05, 0.1) is 11.3 Å². The molecule has 17 heavy (non-hydrogen) atoms. The summed E-state index contributed by atoms with van der Waals surface area (Å²) in [4.78, 5) is 10.7. The summed E-state index contributed by atoms with van der Waals surface area (Å²) in [6.07, 6.45) is 0. The summed E-state index contributed by atoms with van der Waals surface area (Å²) in [5, 5.41) is 12.4. The number of carboxylic acid groups (broad SMARTS) is 1. The Hall–Kier alpha value is -2.24. The third-order valence-corrected chi connectivity index (χ3v) is 2.32. The zero-order valence-electron chi connectivity index (χ0n) is 8.82. The van der Waals surface area contributed by atoms with Crippen LogP contribution in [0.1, 0.15) is 10.5 Å². The van der Waals surface area contributed by atoms with Crippen molar-refractivity contribution in [2.24, 2.45) is 7.05 Å². The maximum absolute atomic E-state index is 13.5. The average molecular weight is 238 g/mol. The van der Waals surface area contributed by atoms with E-state index >= 15 is 0 Å². The summed E-state index contributed by atoms with van der Waals surface area (Å²) in [7, 11) is 1.42. The van der Waals surface area contributed by atoms with Gasteiger partial charge in [0, 0.05) is 7.05 Å². The summed E-state index contributed by atoms with van der Waals surface area (Å²) in [6, 6.07) is 4.57. The van der Waals surface area contributed by atoms with Gasteiger partial charge >= 0.3 is 5.97 Å². The molecule has 1 heterocycles. The highest BCUT2D eigenvalue weighted by molar-refractivity contribution is 5.87. The van der Waals surface area contributed by atoms with Crippen LogP contribution in [0.3, 0.4) is 0 Å². The lowest BCUT2D eigenvalue weighted by Gasteiger charge is -2.04. The number of aromatic carboxylic acids is 1.